The molecule has 9 heteroatoms. The topological polar surface area (TPSA) is 85.3 Å². The number of aromatic nitrogens is 2. The number of anilines is 2. The number of carbonyl (C=O) groups excluding carboxylic acids is 1. The lowest BCUT2D eigenvalue weighted by Crippen LogP contribution is -2.45. The molecule has 1 aromatic heterocycles. The van der Waals surface area contributed by atoms with Gasteiger partial charge in [-0.2, -0.15) is 9.97 Å². The predicted molar refractivity (Wildman–Crippen MR) is 150 cm³/mol. The van der Waals surface area contributed by atoms with E-state index in [1.165, 1.54) is 0 Å². The maximum Gasteiger partial charge on any atom is 0.318 e. The molecule has 0 spiro atoms. The van der Waals surface area contributed by atoms with Gasteiger partial charge in [-0.05, 0) is 45.0 Å². The third kappa shape index (κ3) is 5.38. The Hall–Kier alpha value is -3.85. The Bertz CT molecular complexity index is 1320. The zero-order chi connectivity index (χ0) is 26.6. The summed E-state index contributed by atoms with van der Waals surface area (Å²) in [6.45, 7) is 7.48. The molecule has 0 unspecified atom stereocenters. The number of carbonyl (C=O) groups is 1. The minimum Gasteiger partial charge on any atom is -0.508 e. The lowest BCUT2D eigenvalue weighted by atomic mass is 9.96. The van der Waals surface area contributed by atoms with Gasteiger partial charge in [0.15, 0.2) is 0 Å². The number of benzene rings is 2. The second kappa shape index (κ2) is 11.3. The van der Waals surface area contributed by atoms with Gasteiger partial charge in [0.2, 0.25) is 0 Å². The van der Waals surface area contributed by atoms with Gasteiger partial charge in [0.05, 0.1) is 11.7 Å². The van der Waals surface area contributed by atoms with Gasteiger partial charge >= 0.3 is 6.01 Å². The summed E-state index contributed by atoms with van der Waals surface area (Å²) >= 11 is 0. The van der Waals surface area contributed by atoms with Crippen LogP contribution in [0.5, 0.6) is 11.8 Å². The van der Waals surface area contributed by atoms with E-state index >= 15 is 0 Å². The molecule has 0 amide bonds. The van der Waals surface area contributed by atoms with Crippen molar-refractivity contribution in [1.29, 1.82) is 0 Å². The minimum atomic E-state index is -0.0290. The third-order valence-electron chi connectivity index (χ3n) is 7.36. The Balaban J connectivity index is 1.49. The number of hydrogen-bond donors (Lipinski definition) is 1. The molecule has 2 aliphatic rings. The van der Waals surface area contributed by atoms with Crippen molar-refractivity contribution in [2.24, 2.45) is 0 Å². The molecule has 5 rings (SSSR count). The van der Waals surface area contributed by atoms with Crippen LogP contribution in [0.4, 0.5) is 11.5 Å². The molecule has 38 heavy (non-hydrogen) atoms. The van der Waals surface area contributed by atoms with Gasteiger partial charge in [-0.3, -0.25) is 4.79 Å². The number of aromatic hydroxyl groups is 1. The molecule has 9 nitrogen and oxygen atoms in total. The Labute approximate surface area is 223 Å². The van der Waals surface area contributed by atoms with Crippen LogP contribution in [0, 0.1) is 0 Å². The van der Waals surface area contributed by atoms with Crippen molar-refractivity contribution >= 4 is 28.6 Å². The van der Waals surface area contributed by atoms with Crippen molar-refractivity contribution in [3.05, 3.63) is 59.9 Å². The molecule has 0 bridgehead atoms. The normalized spacial score (nSPS) is 17.9. The first-order chi connectivity index (χ1) is 18.4. The molecule has 1 atom stereocenters. The number of ether oxygens (including phenoxy) is 1. The Morgan fingerprint density at radius 2 is 1.89 bits per heavy atom. The molecule has 0 saturated carbocycles. The zero-order valence-corrected chi connectivity index (χ0v) is 22.4. The molecule has 2 aromatic carbocycles. The summed E-state index contributed by atoms with van der Waals surface area (Å²) in [5.41, 5.74) is 3.14. The average molecular weight is 517 g/mol. The summed E-state index contributed by atoms with van der Waals surface area (Å²) in [6.07, 6.45) is 5.00. The highest BCUT2D eigenvalue weighted by molar-refractivity contribution is 5.96. The van der Waals surface area contributed by atoms with E-state index in [2.05, 4.69) is 32.6 Å². The van der Waals surface area contributed by atoms with E-state index in [9.17, 15) is 9.90 Å². The Kier molecular flexibility index (Phi) is 7.64. The molecule has 1 N–H and O–H groups in total. The lowest BCUT2D eigenvalue weighted by molar-refractivity contribution is -0.104. The molecular formula is C29H36N6O3. The van der Waals surface area contributed by atoms with E-state index in [-0.39, 0.29) is 11.8 Å². The quantitative estimate of drug-likeness (QED) is 0.358. The number of phenols is 1. The van der Waals surface area contributed by atoms with E-state index in [0.717, 1.165) is 85.5 Å². The van der Waals surface area contributed by atoms with Crippen molar-refractivity contribution in [3.8, 4) is 11.8 Å². The lowest BCUT2D eigenvalue weighted by Gasteiger charge is -2.40. The molecular weight excluding hydrogens is 480 g/mol. The molecule has 1 saturated heterocycles. The van der Waals surface area contributed by atoms with Crippen molar-refractivity contribution in [3.63, 3.8) is 0 Å². The molecule has 0 aliphatic carbocycles. The fourth-order valence-corrected chi connectivity index (χ4v) is 5.35. The van der Waals surface area contributed by atoms with Gasteiger partial charge < -0.3 is 29.4 Å². The molecule has 2 aliphatic heterocycles. The number of aldehydes is 1. The number of hydrogen-bond acceptors (Lipinski definition) is 9. The molecule has 3 aromatic rings. The largest absolute Gasteiger partial charge is 0.508 e. The van der Waals surface area contributed by atoms with Crippen molar-refractivity contribution in [1.82, 2.24) is 19.8 Å². The van der Waals surface area contributed by atoms with Gasteiger partial charge in [-0.25, -0.2) is 0 Å². The van der Waals surface area contributed by atoms with Crippen molar-refractivity contribution < 1.29 is 14.6 Å². The molecule has 200 valence electrons. The van der Waals surface area contributed by atoms with Crippen LogP contribution >= 0.6 is 0 Å². The number of fused-ring (bicyclic) bond motifs is 2. The summed E-state index contributed by atoms with van der Waals surface area (Å²) in [6, 6.07) is 12.2. The van der Waals surface area contributed by atoms with Crippen LogP contribution in [0.15, 0.2) is 48.7 Å². The standard InChI is InChI=1S/C29H36N6O3/c1-21-27-25(9-11-35(21)26-20-23(37)19-22-7-4-5-8-24(22)26)28(31-29(30-27)38-18-16-32(2)3)34-14-12-33(13-15-34)10-6-17-36/h4-8,10,17,19-21,37H,9,11-16,18H2,1-3H3/t21-/m1/s1. The van der Waals surface area contributed by atoms with Crippen molar-refractivity contribution in [2.45, 2.75) is 19.4 Å². The summed E-state index contributed by atoms with van der Waals surface area (Å²) in [5.74, 6) is 1.20. The van der Waals surface area contributed by atoms with Gasteiger partial charge in [-0.1, -0.05) is 24.3 Å². The van der Waals surface area contributed by atoms with Crippen LogP contribution in [0.2, 0.25) is 0 Å². The average Bonchev–Trinajstić information content (AvgIpc) is 2.92. The SMILES string of the molecule is C[C@@H]1c2nc(OCCN(C)C)nc(N3CCN(C=CC=O)CC3)c2CCN1c1cc(O)cc2ccccc12. The first-order valence-electron chi connectivity index (χ1n) is 13.2. The van der Waals surface area contributed by atoms with Gasteiger partial charge in [0.25, 0.3) is 0 Å². The first-order valence-corrected chi connectivity index (χ1v) is 13.2. The number of piperazine rings is 1. The van der Waals surface area contributed by atoms with E-state index in [1.807, 2.05) is 50.6 Å². The van der Waals surface area contributed by atoms with E-state index in [0.29, 0.717) is 12.6 Å². The first kappa shape index (κ1) is 25.8. The summed E-state index contributed by atoms with van der Waals surface area (Å²) < 4.78 is 6.06. The van der Waals surface area contributed by atoms with E-state index in [1.54, 1.807) is 6.08 Å². The monoisotopic (exact) mass is 516 g/mol. The zero-order valence-electron chi connectivity index (χ0n) is 22.4. The number of rotatable bonds is 8. The predicted octanol–water partition coefficient (Wildman–Crippen LogP) is 3.23. The van der Waals surface area contributed by atoms with Crippen LogP contribution in [0.1, 0.15) is 24.2 Å². The van der Waals surface area contributed by atoms with Gasteiger partial charge in [0.1, 0.15) is 24.5 Å². The highest BCUT2D eigenvalue weighted by Gasteiger charge is 2.32. The van der Waals surface area contributed by atoms with Crippen molar-refractivity contribution in [2.75, 3.05) is 69.8 Å². The summed E-state index contributed by atoms with van der Waals surface area (Å²) in [7, 11) is 4.03. The van der Waals surface area contributed by atoms with Gasteiger partial charge in [-0.15, -0.1) is 0 Å². The fourth-order valence-electron chi connectivity index (χ4n) is 5.35. The smallest absolute Gasteiger partial charge is 0.318 e. The van der Waals surface area contributed by atoms with Gasteiger partial charge in [0, 0.05) is 68.2 Å². The van der Waals surface area contributed by atoms with Crippen LogP contribution in [-0.4, -0.2) is 91.1 Å². The Morgan fingerprint density at radius 1 is 1.11 bits per heavy atom. The molecule has 0 radical (unpaired) electrons. The van der Waals surface area contributed by atoms with Crippen LogP contribution in [-0.2, 0) is 11.2 Å². The summed E-state index contributed by atoms with van der Waals surface area (Å²) in [5, 5.41) is 12.6. The van der Waals surface area contributed by atoms with Crippen LogP contribution in [0.25, 0.3) is 10.8 Å². The number of allylic oxidation sites excluding steroid dienone is 1. The van der Waals surface area contributed by atoms with E-state index < -0.39 is 0 Å². The minimum absolute atomic E-state index is 0.0290. The third-order valence-corrected chi connectivity index (χ3v) is 7.36. The van der Waals surface area contributed by atoms with E-state index in [4.69, 9.17) is 14.7 Å². The highest BCUT2D eigenvalue weighted by Crippen LogP contribution is 2.41. The van der Waals surface area contributed by atoms with Crippen LogP contribution in [0.3, 0.4) is 0 Å². The maximum atomic E-state index is 10.7. The van der Waals surface area contributed by atoms with Crippen LogP contribution < -0.4 is 14.5 Å². The summed E-state index contributed by atoms with van der Waals surface area (Å²) in [4.78, 5) is 29.5. The maximum absolute atomic E-state index is 10.7. The number of likely N-dealkylation sites (N-methyl/N-ethyl adjacent to an activating group) is 1. The number of phenolic OH excluding ortho intramolecular Hbond substituents is 1. The number of nitrogens with zero attached hydrogens (tertiary/aromatic N) is 6. The Morgan fingerprint density at radius 3 is 2.66 bits per heavy atom. The fraction of sp³-hybridized carbons (Fsp3) is 0.414. The molecule has 1 fully saturated rings. The highest BCUT2D eigenvalue weighted by atomic mass is 16.5. The second-order valence-corrected chi connectivity index (χ2v) is 10.2. The molecule has 3 heterocycles. The second-order valence-electron chi connectivity index (χ2n) is 10.2.